The van der Waals surface area contributed by atoms with Crippen molar-refractivity contribution in [2.45, 2.75) is 66.5 Å². The Hall–Kier alpha value is -0.269. The van der Waals surface area contributed by atoms with E-state index in [0.717, 1.165) is 0 Å². The molecular weight excluding hydrogens is 303 g/mol. The van der Waals surface area contributed by atoms with E-state index < -0.39 is 8.07 Å². The van der Waals surface area contributed by atoms with E-state index in [1.54, 1.807) is 16.3 Å². The van der Waals surface area contributed by atoms with Crippen molar-refractivity contribution in [3.8, 4) is 0 Å². The smallest absolute Gasteiger partial charge is 0.213 e. The number of rotatable bonds is 3. The summed E-state index contributed by atoms with van der Waals surface area (Å²) in [6.45, 7) is 21.0. The predicted octanol–water partition coefficient (Wildman–Crippen LogP) is 2.43. The maximum absolute atomic E-state index is 2.40. The van der Waals surface area contributed by atoms with Gasteiger partial charge in [-0.1, -0.05) is 66.5 Å². The summed E-state index contributed by atoms with van der Waals surface area (Å²) in [6, 6.07) is 10.0. The molecule has 0 heterocycles. The third kappa shape index (κ3) is 6.63. The third-order valence-electron chi connectivity index (χ3n) is 4.40. The molecular formula is C20H33LiSi2-. The molecule has 0 fully saturated rings. The predicted molar refractivity (Wildman–Crippen MR) is 107 cm³/mol. The molecule has 1 radical (unpaired) electrons. The van der Waals surface area contributed by atoms with Gasteiger partial charge >= 0.3 is 18.9 Å². The van der Waals surface area contributed by atoms with E-state index in [4.69, 9.17) is 0 Å². The average Bonchev–Trinajstić information content (AvgIpc) is 2.93. The normalized spacial score (nSPS) is 11.0. The Morgan fingerprint density at radius 3 is 1.91 bits per heavy atom. The summed E-state index contributed by atoms with van der Waals surface area (Å²) in [6.07, 6.45) is 0. The van der Waals surface area contributed by atoms with E-state index >= 15 is 0 Å². The van der Waals surface area contributed by atoms with Gasteiger partial charge in [-0.05, 0) is 8.80 Å². The summed E-state index contributed by atoms with van der Waals surface area (Å²) in [4.78, 5) is 0. The molecule has 0 nitrogen and oxygen atoms in total. The Balaban J connectivity index is 0.000000409. The molecule has 0 unspecified atom stereocenters. The number of hydrogen-bond donors (Lipinski definition) is 0. The second-order valence-electron chi connectivity index (χ2n) is 7.91. The molecule has 0 aliphatic rings. The summed E-state index contributed by atoms with van der Waals surface area (Å²) in [5.74, 6) is 0. The van der Waals surface area contributed by atoms with Crippen LogP contribution in [0.2, 0.25) is 32.7 Å². The summed E-state index contributed by atoms with van der Waals surface area (Å²) in [5.41, 5.74) is 7.62. The van der Waals surface area contributed by atoms with E-state index in [0.29, 0.717) is 0 Å². The third-order valence-corrected chi connectivity index (χ3v) is 7.62. The minimum atomic E-state index is -0.862. The molecule has 0 amide bonds. The molecule has 3 heteroatoms. The van der Waals surface area contributed by atoms with Crippen molar-refractivity contribution < 1.29 is 18.9 Å². The van der Waals surface area contributed by atoms with Gasteiger partial charge in [0.15, 0.2) is 0 Å². The Kier molecular flexibility index (Phi) is 9.17. The molecule has 2 aromatic carbocycles. The van der Waals surface area contributed by atoms with Gasteiger partial charge in [0.2, 0.25) is 0 Å². The van der Waals surface area contributed by atoms with E-state index in [9.17, 15) is 0 Å². The minimum absolute atomic E-state index is 0. The fraction of sp³-hybridized carbons (Fsp3) is 0.500. The topological polar surface area (TPSA) is 0 Å². The molecule has 0 bridgehead atoms. The largest absolute Gasteiger partial charge is 1.00 e. The Morgan fingerprint density at radius 2 is 1.65 bits per heavy atom. The molecule has 0 saturated heterocycles. The molecule has 23 heavy (non-hydrogen) atoms. The average molecular weight is 337 g/mol. The summed E-state index contributed by atoms with van der Waals surface area (Å²) >= 11 is 0. The summed E-state index contributed by atoms with van der Waals surface area (Å²) in [7, 11) is -1.14. The van der Waals surface area contributed by atoms with Crippen molar-refractivity contribution in [2.24, 2.45) is 0 Å². The van der Waals surface area contributed by atoms with E-state index in [1.165, 1.54) is 22.7 Å². The van der Waals surface area contributed by atoms with Crippen molar-refractivity contribution in [3.63, 3.8) is 0 Å². The first-order chi connectivity index (χ1) is 10.0. The fourth-order valence-electron chi connectivity index (χ4n) is 3.11. The molecule has 0 aromatic heterocycles. The van der Waals surface area contributed by atoms with Gasteiger partial charge < -0.3 is 0 Å². The van der Waals surface area contributed by atoms with E-state index in [1.807, 2.05) is 0 Å². The van der Waals surface area contributed by atoms with Crippen molar-refractivity contribution in [3.05, 3.63) is 52.1 Å². The van der Waals surface area contributed by atoms with Crippen molar-refractivity contribution >= 4 is 22.1 Å². The first-order valence-corrected chi connectivity index (χ1v) is 14.5. The Bertz CT molecular complexity index is 559. The van der Waals surface area contributed by atoms with E-state index in [-0.39, 0.29) is 27.7 Å². The van der Waals surface area contributed by atoms with Crippen LogP contribution in [0.4, 0.5) is 0 Å². The summed E-state index contributed by atoms with van der Waals surface area (Å²) < 4.78 is 0. The molecule has 0 aliphatic heterocycles. The Labute approximate surface area is 159 Å². The van der Waals surface area contributed by atoms with Gasteiger partial charge in [0.25, 0.3) is 0 Å². The van der Waals surface area contributed by atoms with Gasteiger partial charge in [-0.15, -0.1) is 0 Å². The van der Waals surface area contributed by atoms with Gasteiger partial charge in [0.1, 0.15) is 0 Å². The van der Waals surface area contributed by atoms with Crippen LogP contribution in [0.15, 0.2) is 24.3 Å². The summed E-state index contributed by atoms with van der Waals surface area (Å²) in [5, 5.41) is 1.66. The molecule has 0 N–H and O–H groups in total. The van der Waals surface area contributed by atoms with Gasteiger partial charge in [0.05, 0.1) is 0 Å². The fourth-order valence-corrected chi connectivity index (χ4v) is 6.45. The zero-order chi connectivity index (χ0) is 17.1. The van der Waals surface area contributed by atoms with Gasteiger partial charge in [-0.25, -0.2) is 12.1 Å². The molecule has 0 saturated carbocycles. The van der Waals surface area contributed by atoms with Gasteiger partial charge in [-0.2, -0.15) is 45.1 Å². The molecule has 2 rings (SSSR count). The quantitative estimate of drug-likeness (QED) is 0.596. The second-order valence-corrected chi connectivity index (χ2v) is 15.9. The maximum Gasteiger partial charge on any atom is 1.00 e. The van der Waals surface area contributed by atoms with Crippen LogP contribution >= 0.6 is 0 Å². The van der Waals surface area contributed by atoms with Crippen molar-refractivity contribution in [2.75, 3.05) is 0 Å². The van der Waals surface area contributed by atoms with E-state index in [2.05, 4.69) is 84.7 Å². The second kappa shape index (κ2) is 9.28. The maximum atomic E-state index is 2.40. The molecule has 0 spiro atoms. The van der Waals surface area contributed by atoms with Crippen molar-refractivity contribution in [1.29, 1.82) is 0 Å². The van der Waals surface area contributed by atoms with Crippen LogP contribution in [-0.2, 0) is 6.04 Å². The minimum Gasteiger partial charge on any atom is -0.213 e. The van der Waals surface area contributed by atoms with Crippen LogP contribution in [0, 0.1) is 27.7 Å². The molecule has 0 aliphatic carbocycles. The SMILES string of the molecule is C[Si](C)(C)Cc1ccc[cH-]1.Cc1c([Si](C)C)c(C)[c-](C)c1C.[Li+]. The molecule has 0 atom stereocenters. The van der Waals surface area contributed by atoms with Gasteiger partial charge in [0, 0.05) is 8.07 Å². The number of hydrogen-bond acceptors (Lipinski definition) is 0. The molecule has 123 valence electrons. The Morgan fingerprint density at radius 1 is 1.09 bits per heavy atom. The zero-order valence-electron chi connectivity index (χ0n) is 17.0. The van der Waals surface area contributed by atoms with Crippen LogP contribution < -0.4 is 24.0 Å². The monoisotopic (exact) mass is 336 g/mol. The first kappa shape index (κ1) is 22.7. The van der Waals surface area contributed by atoms with Gasteiger partial charge in [-0.3, -0.25) is 0 Å². The zero-order valence-corrected chi connectivity index (χ0v) is 19.0. The van der Waals surface area contributed by atoms with Crippen LogP contribution in [0.1, 0.15) is 27.8 Å². The van der Waals surface area contributed by atoms with Crippen molar-refractivity contribution in [1.82, 2.24) is 0 Å². The van der Waals surface area contributed by atoms with Crippen LogP contribution in [0.25, 0.3) is 0 Å². The van der Waals surface area contributed by atoms with Crippen LogP contribution in [0.5, 0.6) is 0 Å². The standard InChI is InChI=1S/C11H18Si.C9H15Si.Li/c1-7-8(2)10(4)11(9(7)3)12(5)6;1-10(2,3)8-9-6-4-5-7-9;/h1-6H3;4-7H,8H2,1-3H3;/q2*-1;+1. The molecule has 2 aromatic rings. The first-order valence-electron chi connectivity index (χ1n) is 8.28. The van der Waals surface area contributed by atoms with Crippen LogP contribution in [0.3, 0.4) is 0 Å². The van der Waals surface area contributed by atoms with Crippen LogP contribution in [-0.4, -0.2) is 16.9 Å².